The zero-order valence-electron chi connectivity index (χ0n) is 14.8. The van der Waals surface area contributed by atoms with Crippen LogP contribution >= 0.6 is 11.8 Å². The molecule has 0 spiro atoms. The molecule has 1 heterocycles. The van der Waals surface area contributed by atoms with Gasteiger partial charge in [-0.05, 0) is 48.7 Å². The van der Waals surface area contributed by atoms with E-state index in [4.69, 9.17) is 0 Å². The number of halogens is 1. The van der Waals surface area contributed by atoms with Crippen LogP contribution in [0.3, 0.4) is 0 Å². The van der Waals surface area contributed by atoms with Crippen LogP contribution in [0.15, 0.2) is 53.4 Å². The summed E-state index contributed by atoms with van der Waals surface area (Å²) in [6.45, 7) is 4.24. The molecular weight excluding hydrogens is 349 g/mol. The van der Waals surface area contributed by atoms with E-state index in [1.807, 2.05) is 24.3 Å². The zero-order chi connectivity index (χ0) is 18.5. The number of carbonyl (C=O) groups excluding carboxylic acids is 1. The Morgan fingerprint density at radius 3 is 2.62 bits per heavy atom. The minimum Gasteiger partial charge on any atom is -0.345 e. The highest BCUT2D eigenvalue weighted by molar-refractivity contribution is 8.00. The largest absolute Gasteiger partial charge is 0.345 e. The van der Waals surface area contributed by atoms with Crippen molar-refractivity contribution in [2.75, 3.05) is 5.75 Å². The highest BCUT2D eigenvalue weighted by Gasteiger charge is 2.19. The first kappa shape index (κ1) is 18.5. The van der Waals surface area contributed by atoms with Crippen molar-refractivity contribution < 1.29 is 9.18 Å². The molecule has 1 aromatic heterocycles. The van der Waals surface area contributed by atoms with Crippen LogP contribution in [0, 0.1) is 11.7 Å². The summed E-state index contributed by atoms with van der Waals surface area (Å²) < 4.78 is 13.0. The standard InChI is InChI=1S/C20H22FN3OS/c1-13(2)11-18(20-23-16-5-3-4-6-17(16)24-20)22-19(25)12-26-15-9-7-14(21)8-10-15/h3-10,13,18H,11-12H2,1-2H3,(H,22,25)(H,23,24). The molecule has 0 aliphatic heterocycles. The van der Waals surface area contributed by atoms with Gasteiger partial charge in [0.25, 0.3) is 0 Å². The first-order valence-electron chi connectivity index (χ1n) is 8.63. The van der Waals surface area contributed by atoms with Gasteiger partial charge in [0.2, 0.25) is 5.91 Å². The maximum absolute atomic E-state index is 13.0. The summed E-state index contributed by atoms with van der Waals surface area (Å²) in [6, 6.07) is 13.8. The van der Waals surface area contributed by atoms with Gasteiger partial charge in [-0.25, -0.2) is 9.37 Å². The number of benzene rings is 2. The number of H-pyrrole nitrogens is 1. The molecule has 0 aliphatic carbocycles. The molecule has 0 saturated heterocycles. The number of nitrogens with one attached hydrogen (secondary N) is 2. The third-order valence-electron chi connectivity index (χ3n) is 3.96. The first-order chi connectivity index (χ1) is 12.5. The summed E-state index contributed by atoms with van der Waals surface area (Å²) in [5.41, 5.74) is 1.86. The Morgan fingerprint density at radius 1 is 1.19 bits per heavy atom. The summed E-state index contributed by atoms with van der Waals surface area (Å²) in [5, 5.41) is 3.08. The van der Waals surface area contributed by atoms with Gasteiger partial charge < -0.3 is 10.3 Å². The molecule has 4 nitrogen and oxygen atoms in total. The van der Waals surface area contributed by atoms with Crippen molar-refractivity contribution in [1.29, 1.82) is 0 Å². The van der Waals surface area contributed by atoms with Gasteiger partial charge in [0.05, 0.1) is 22.8 Å². The summed E-state index contributed by atoms with van der Waals surface area (Å²) in [7, 11) is 0. The van der Waals surface area contributed by atoms with E-state index in [-0.39, 0.29) is 23.5 Å². The van der Waals surface area contributed by atoms with Crippen molar-refractivity contribution in [1.82, 2.24) is 15.3 Å². The van der Waals surface area contributed by atoms with Crippen LogP contribution in [0.4, 0.5) is 4.39 Å². The van der Waals surface area contributed by atoms with E-state index in [0.717, 1.165) is 28.2 Å². The molecular formula is C20H22FN3OS. The summed E-state index contributed by atoms with van der Waals surface area (Å²) in [5.74, 6) is 1.13. The van der Waals surface area contributed by atoms with E-state index >= 15 is 0 Å². The van der Waals surface area contributed by atoms with Gasteiger partial charge in [-0.2, -0.15) is 0 Å². The van der Waals surface area contributed by atoms with Crippen molar-refractivity contribution in [2.45, 2.75) is 31.2 Å². The lowest BCUT2D eigenvalue weighted by atomic mass is 10.0. The van der Waals surface area contributed by atoms with Crippen LogP contribution < -0.4 is 5.32 Å². The second kappa shape index (κ2) is 8.36. The normalized spacial score (nSPS) is 12.5. The summed E-state index contributed by atoms with van der Waals surface area (Å²) in [4.78, 5) is 21.2. The Kier molecular flexibility index (Phi) is 5.93. The van der Waals surface area contributed by atoms with E-state index in [0.29, 0.717) is 5.92 Å². The van der Waals surface area contributed by atoms with Gasteiger partial charge in [-0.1, -0.05) is 26.0 Å². The topological polar surface area (TPSA) is 57.8 Å². The molecule has 0 bridgehead atoms. The smallest absolute Gasteiger partial charge is 0.230 e. The number of imidazole rings is 1. The Labute approximate surface area is 156 Å². The lowest BCUT2D eigenvalue weighted by molar-refractivity contribution is -0.119. The highest BCUT2D eigenvalue weighted by atomic mass is 32.2. The number of aromatic amines is 1. The van der Waals surface area contributed by atoms with Gasteiger partial charge in [0, 0.05) is 4.90 Å². The minimum atomic E-state index is -0.277. The summed E-state index contributed by atoms with van der Waals surface area (Å²) >= 11 is 1.39. The van der Waals surface area contributed by atoms with Crippen LogP contribution in [0.1, 0.15) is 32.1 Å². The fourth-order valence-electron chi connectivity index (χ4n) is 2.76. The molecule has 1 unspecified atom stereocenters. The van der Waals surface area contributed by atoms with Crippen LogP contribution in [0.2, 0.25) is 0 Å². The van der Waals surface area contributed by atoms with E-state index in [1.165, 1.54) is 23.9 Å². The van der Waals surface area contributed by atoms with Gasteiger partial charge in [-0.15, -0.1) is 11.8 Å². The number of rotatable bonds is 7. The van der Waals surface area contributed by atoms with Gasteiger partial charge in [-0.3, -0.25) is 4.79 Å². The third-order valence-corrected chi connectivity index (χ3v) is 4.98. The van der Waals surface area contributed by atoms with Crippen molar-refractivity contribution in [3.05, 3.63) is 60.2 Å². The summed E-state index contributed by atoms with van der Waals surface area (Å²) in [6.07, 6.45) is 0.798. The molecule has 2 aromatic carbocycles. The SMILES string of the molecule is CC(C)CC(NC(=O)CSc1ccc(F)cc1)c1nc2ccccc2[nH]1. The van der Waals surface area contributed by atoms with Gasteiger partial charge in [0.1, 0.15) is 11.6 Å². The van der Waals surface area contributed by atoms with Crippen molar-refractivity contribution in [3.63, 3.8) is 0 Å². The second-order valence-corrected chi connectivity index (χ2v) is 7.68. The van der Waals surface area contributed by atoms with Gasteiger partial charge in [0.15, 0.2) is 0 Å². The number of hydrogen-bond acceptors (Lipinski definition) is 3. The second-order valence-electron chi connectivity index (χ2n) is 6.63. The molecule has 136 valence electrons. The van der Waals surface area contributed by atoms with E-state index in [2.05, 4.69) is 29.1 Å². The third kappa shape index (κ3) is 4.85. The number of hydrogen-bond donors (Lipinski definition) is 2. The van der Waals surface area contributed by atoms with E-state index in [1.54, 1.807) is 12.1 Å². The molecule has 1 amide bonds. The molecule has 1 atom stereocenters. The van der Waals surface area contributed by atoms with Crippen LogP contribution in [-0.4, -0.2) is 21.6 Å². The molecule has 0 fully saturated rings. The first-order valence-corrected chi connectivity index (χ1v) is 9.62. The fourth-order valence-corrected chi connectivity index (χ4v) is 3.47. The number of aromatic nitrogens is 2. The van der Waals surface area contributed by atoms with Crippen LogP contribution in [0.5, 0.6) is 0 Å². The van der Waals surface area contributed by atoms with E-state index in [9.17, 15) is 9.18 Å². The predicted octanol–water partition coefficient (Wildman–Crippen LogP) is 4.70. The highest BCUT2D eigenvalue weighted by Crippen LogP contribution is 2.23. The lowest BCUT2D eigenvalue weighted by Gasteiger charge is -2.18. The fraction of sp³-hybridized carbons (Fsp3) is 0.300. The quantitative estimate of drug-likeness (QED) is 0.592. The average Bonchev–Trinajstić information content (AvgIpc) is 3.04. The molecule has 0 aliphatic rings. The number of fused-ring (bicyclic) bond motifs is 1. The molecule has 3 aromatic rings. The monoisotopic (exact) mass is 371 g/mol. The van der Waals surface area contributed by atoms with E-state index < -0.39 is 0 Å². The van der Waals surface area contributed by atoms with Crippen molar-refractivity contribution >= 4 is 28.7 Å². The molecule has 26 heavy (non-hydrogen) atoms. The Balaban J connectivity index is 1.67. The molecule has 2 N–H and O–H groups in total. The van der Waals surface area contributed by atoms with Crippen molar-refractivity contribution in [3.8, 4) is 0 Å². The molecule has 3 rings (SSSR count). The molecule has 0 saturated carbocycles. The maximum Gasteiger partial charge on any atom is 0.230 e. The number of thioether (sulfide) groups is 1. The van der Waals surface area contributed by atoms with Gasteiger partial charge >= 0.3 is 0 Å². The number of carbonyl (C=O) groups is 1. The minimum absolute atomic E-state index is 0.0644. The number of amides is 1. The predicted molar refractivity (Wildman–Crippen MR) is 104 cm³/mol. The Morgan fingerprint density at radius 2 is 1.92 bits per heavy atom. The maximum atomic E-state index is 13.0. The Bertz CT molecular complexity index is 843. The molecule has 0 radical (unpaired) electrons. The average molecular weight is 371 g/mol. The van der Waals surface area contributed by atoms with Crippen LogP contribution in [-0.2, 0) is 4.79 Å². The number of nitrogens with zero attached hydrogens (tertiary/aromatic N) is 1. The molecule has 6 heteroatoms. The zero-order valence-corrected chi connectivity index (χ0v) is 15.6. The Hall–Kier alpha value is -2.34. The number of para-hydroxylation sites is 2. The lowest BCUT2D eigenvalue weighted by Crippen LogP contribution is -2.31. The van der Waals surface area contributed by atoms with Crippen molar-refractivity contribution in [2.24, 2.45) is 5.92 Å². The van der Waals surface area contributed by atoms with Crippen LogP contribution in [0.25, 0.3) is 11.0 Å².